The van der Waals surface area contributed by atoms with Crippen LogP contribution >= 0.6 is 0 Å². The van der Waals surface area contributed by atoms with Gasteiger partial charge in [-0.3, -0.25) is 14.9 Å². The molecule has 2 amide bonds. The van der Waals surface area contributed by atoms with Gasteiger partial charge in [-0.15, -0.1) is 0 Å². The van der Waals surface area contributed by atoms with Gasteiger partial charge in [0.25, 0.3) is 0 Å². The van der Waals surface area contributed by atoms with Crippen molar-refractivity contribution >= 4 is 17.5 Å². The minimum absolute atomic E-state index is 0.199. The zero-order valence-electron chi connectivity index (χ0n) is 10.5. The number of carbonyl (C=O) groups excluding carboxylic acids is 2. The highest BCUT2D eigenvalue weighted by Gasteiger charge is 2.29. The minimum atomic E-state index is -0.310. The highest BCUT2D eigenvalue weighted by Crippen LogP contribution is 2.23. The molecule has 0 saturated carbocycles. The summed E-state index contributed by atoms with van der Waals surface area (Å²) in [5, 5.41) is 2.36. The van der Waals surface area contributed by atoms with Crippen LogP contribution in [0.3, 0.4) is 0 Å². The first-order valence-corrected chi connectivity index (χ1v) is 5.82. The average molecular weight is 248 g/mol. The van der Waals surface area contributed by atoms with E-state index < -0.39 is 0 Å². The van der Waals surface area contributed by atoms with Gasteiger partial charge in [0, 0.05) is 25.2 Å². The Morgan fingerprint density at radius 3 is 2.83 bits per heavy atom. The molecular weight excluding hydrogens is 232 g/mol. The van der Waals surface area contributed by atoms with Gasteiger partial charge in [-0.2, -0.15) is 0 Å². The van der Waals surface area contributed by atoms with E-state index in [0.717, 1.165) is 11.4 Å². The van der Waals surface area contributed by atoms with E-state index in [9.17, 15) is 9.59 Å². The lowest BCUT2D eigenvalue weighted by Gasteiger charge is -2.31. The zero-order valence-corrected chi connectivity index (χ0v) is 10.5. The third-order valence-electron chi connectivity index (χ3n) is 3.14. The topological polar surface area (TPSA) is 58.6 Å². The number of piperidine rings is 1. The molecule has 1 aromatic rings. The van der Waals surface area contributed by atoms with Crippen LogP contribution in [0, 0.1) is 0 Å². The van der Waals surface area contributed by atoms with E-state index in [-0.39, 0.29) is 17.9 Å². The predicted octanol–water partition coefficient (Wildman–Crippen LogP) is 0.937. The van der Waals surface area contributed by atoms with Crippen molar-refractivity contribution in [2.24, 2.45) is 0 Å². The lowest BCUT2D eigenvalue weighted by molar-refractivity contribution is -0.134. The summed E-state index contributed by atoms with van der Waals surface area (Å²) in [6, 6.07) is 7.18. The van der Waals surface area contributed by atoms with Crippen LogP contribution < -0.4 is 15.0 Å². The van der Waals surface area contributed by atoms with Gasteiger partial charge >= 0.3 is 0 Å². The SMILES string of the molecule is COc1cccc(N(C)C2CCC(=O)NC2=O)c1. The summed E-state index contributed by atoms with van der Waals surface area (Å²) in [6.07, 6.45) is 0.920. The summed E-state index contributed by atoms with van der Waals surface area (Å²) >= 11 is 0. The Morgan fingerprint density at radius 2 is 2.17 bits per heavy atom. The molecule has 0 radical (unpaired) electrons. The summed E-state index contributed by atoms with van der Waals surface area (Å²) in [7, 11) is 3.44. The first-order chi connectivity index (χ1) is 8.61. The van der Waals surface area contributed by atoms with Gasteiger partial charge in [0.1, 0.15) is 11.8 Å². The largest absolute Gasteiger partial charge is 0.497 e. The maximum atomic E-state index is 11.8. The molecule has 1 aromatic carbocycles. The molecule has 1 N–H and O–H groups in total. The number of likely N-dealkylation sites (N-methyl/N-ethyl adjacent to an activating group) is 1. The number of methoxy groups -OCH3 is 1. The van der Waals surface area contributed by atoms with E-state index in [0.29, 0.717) is 12.8 Å². The molecule has 0 aliphatic carbocycles. The number of hydrogen-bond acceptors (Lipinski definition) is 4. The van der Waals surface area contributed by atoms with Gasteiger partial charge in [-0.05, 0) is 18.6 Å². The molecule has 5 heteroatoms. The lowest BCUT2D eigenvalue weighted by atomic mass is 10.0. The van der Waals surface area contributed by atoms with Crippen LogP contribution in [-0.4, -0.2) is 32.0 Å². The number of imide groups is 1. The van der Waals surface area contributed by atoms with Crippen LogP contribution in [0.2, 0.25) is 0 Å². The van der Waals surface area contributed by atoms with Gasteiger partial charge in [0.15, 0.2) is 0 Å². The molecule has 2 rings (SSSR count). The molecule has 1 aliphatic rings. The molecular formula is C13H16N2O3. The van der Waals surface area contributed by atoms with Crippen molar-refractivity contribution in [2.45, 2.75) is 18.9 Å². The number of benzene rings is 1. The molecule has 1 atom stereocenters. The quantitative estimate of drug-likeness (QED) is 0.809. The number of hydrogen-bond donors (Lipinski definition) is 1. The summed E-state index contributed by atoms with van der Waals surface area (Å²) in [5.74, 6) is 0.304. The van der Waals surface area contributed by atoms with E-state index in [1.54, 1.807) is 7.11 Å². The van der Waals surface area contributed by atoms with E-state index in [2.05, 4.69) is 5.32 Å². The molecule has 0 bridgehead atoms. The van der Waals surface area contributed by atoms with Crippen LogP contribution in [0.15, 0.2) is 24.3 Å². The Labute approximate surface area is 106 Å². The van der Waals surface area contributed by atoms with Crippen molar-refractivity contribution in [1.29, 1.82) is 0 Å². The number of amides is 2. The second-order valence-corrected chi connectivity index (χ2v) is 4.28. The van der Waals surface area contributed by atoms with Crippen LogP contribution in [0.5, 0.6) is 5.75 Å². The van der Waals surface area contributed by atoms with Gasteiger partial charge in [0.2, 0.25) is 11.8 Å². The van der Waals surface area contributed by atoms with Crippen LogP contribution in [0.1, 0.15) is 12.8 Å². The third-order valence-corrected chi connectivity index (χ3v) is 3.14. The van der Waals surface area contributed by atoms with Crippen molar-refractivity contribution in [3.63, 3.8) is 0 Å². The highest BCUT2D eigenvalue weighted by atomic mass is 16.5. The van der Waals surface area contributed by atoms with E-state index >= 15 is 0 Å². The number of nitrogens with one attached hydrogen (secondary N) is 1. The van der Waals surface area contributed by atoms with Crippen molar-refractivity contribution in [1.82, 2.24) is 5.32 Å². The Kier molecular flexibility index (Phi) is 3.50. The Balaban J connectivity index is 2.17. The molecule has 1 aliphatic heterocycles. The molecule has 1 fully saturated rings. The molecule has 1 heterocycles. The van der Waals surface area contributed by atoms with Gasteiger partial charge in [-0.25, -0.2) is 0 Å². The van der Waals surface area contributed by atoms with Crippen molar-refractivity contribution in [3.05, 3.63) is 24.3 Å². The fraction of sp³-hybridized carbons (Fsp3) is 0.385. The van der Waals surface area contributed by atoms with Crippen molar-refractivity contribution in [2.75, 3.05) is 19.1 Å². The molecule has 96 valence electrons. The zero-order chi connectivity index (χ0) is 13.1. The van der Waals surface area contributed by atoms with Crippen molar-refractivity contribution < 1.29 is 14.3 Å². The van der Waals surface area contributed by atoms with Crippen molar-refractivity contribution in [3.8, 4) is 5.75 Å². The second-order valence-electron chi connectivity index (χ2n) is 4.28. The molecule has 1 unspecified atom stereocenters. The molecule has 5 nitrogen and oxygen atoms in total. The fourth-order valence-corrected chi connectivity index (χ4v) is 2.06. The summed E-state index contributed by atoms with van der Waals surface area (Å²) in [4.78, 5) is 24.7. The van der Waals surface area contributed by atoms with Crippen LogP contribution in [0.25, 0.3) is 0 Å². The third kappa shape index (κ3) is 2.45. The molecule has 0 aromatic heterocycles. The summed E-state index contributed by atoms with van der Waals surface area (Å²) in [6.45, 7) is 0. The Hall–Kier alpha value is -2.04. The average Bonchev–Trinajstić information content (AvgIpc) is 2.38. The monoisotopic (exact) mass is 248 g/mol. The summed E-state index contributed by atoms with van der Waals surface area (Å²) in [5.41, 5.74) is 0.892. The Bertz CT molecular complexity index is 473. The predicted molar refractivity (Wildman–Crippen MR) is 67.6 cm³/mol. The summed E-state index contributed by atoms with van der Waals surface area (Å²) < 4.78 is 5.15. The number of nitrogens with zero attached hydrogens (tertiary/aromatic N) is 1. The van der Waals surface area contributed by atoms with Gasteiger partial charge in [0.05, 0.1) is 7.11 Å². The number of anilines is 1. The van der Waals surface area contributed by atoms with Gasteiger partial charge < -0.3 is 9.64 Å². The number of ether oxygens (including phenoxy) is 1. The van der Waals surface area contributed by atoms with E-state index in [4.69, 9.17) is 4.74 Å². The highest BCUT2D eigenvalue weighted by molar-refractivity contribution is 6.01. The molecule has 18 heavy (non-hydrogen) atoms. The molecule has 0 spiro atoms. The first-order valence-electron chi connectivity index (χ1n) is 5.82. The van der Waals surface area contributed by atoms with E-state index in [1.165, 1.54) is 0 Å². The van der Waals surface area contributed by atoms with Crippen LogP contribution in [-0.2, 0) is 9.59 Å². The second kappa shape index (κ2) is 5.08. The minimum Gasteiger partial charge on any atom is -0.497 e. The van der Waals surface area contributed by atoms with Gasteiger partial charge in [-0.1, -0.05) is 6.07 Å². The van der Waals surface area contributed by atoms with E-state index in [1.807, 2.05) is 36.2 Å². The smallest absolute Gasteiger partial charge is 0.249 e. The normalized spacial score (nSPS) is 19.3. The maximum Gasteiger partial charge on any atom is 0.249 e. The lowest BCUT2D eigenvalue weighted by Crippen LogP contribution is -2.51. The molecule has 1 saturated heterocycles. The number of rotatable bonds is 3. The van der Waals surface area contributed by atoms with Crippen LogP contribution in [0.4, 0.5) is 5.69 Å². The fourth-order valence-electron chi connectivity index (χ4n) is 2.06. The first kappa shape index (κ1) is 12.4. The Morgan fingerprint density at radius 1 is 1.39 bits per heavy atom. The maximum absolute atomic E-state index is 11.8. The standard InChI is InChI=1S/C13H16N2O3/c1-15(9-4-3-5-10(8-9)18-2)11-6-7-12(16)14-13(11)17/h3-5,8,11H,6-7H2,1-2H3,(H,14,16,17). The number of carbonyl (C=O) groups is 2.